The van der Waals surface area contributed by atoms with Crippen LogP contribution in [0, 0.1) is 0 Å². The number of hydrogen-bond acceptors (Lipinski definition) is 12. The molecule has 2 unspecified atom stereocenters. The molecule has 13 nitrogen and oxygen atoms in total. The smallest absolute Gasteiger partial charge is 0.260 e. The molecule has 3 amide bonds. The number of anilines is 5. The van der Waals surface area contributed by atoms with Crippen molar-refractivity contribution in [3.05, 3.63) is 124 Å². The number of hydrogen-bond donors (Lipinski definition) is 3. The fraction of sp³-hybridized carbons (Fsp3) is 0.358. The Morgan fingerprint density at radius 3 is 1.75 bits per heavy atom. The Kier molecular flexibility index (Phi) is 14.4. The Morgan fingerprint density at radius 2 is 1.24 bits per heavy atom. The van der Waals surface area contributed by atoms with E-state index in [2.05, 4.69) is 35.0 Å². The summed E-state index contributed by atoms with van der Waals surface area (Å²) in [6, 6.07) is 28.9. The Hall–Kier alpha value is -6.32. The fourth-order valence-corrected chi connectivity index (χ4v) is 12.0. The number of carbonyl (C=O) groups excluding carboxylic acids is 4. The van der Waals surface area contributed by atoms with Gasteiger partial charge in [-0.05, 0) is 104 Å². The van der Waals surface area contributed by atoms with Gasteiger partial charge in [-0.2, -0.15) is 0 Å². The normalized spacial score (nSPS) is 16.9. The van der Waals surface area contributed by atoms with Crippen LogP contribution in [0.3, 0.4) is 0 Å². The first-order valence-electron chi connectivity index (χ1n) is 23.3. The summed E-state index contributed by atoms with van der Waals surface area (Å²) in [5.74, 6) is 2.64. The third-order valence-electron chi connectivity index (χ3n) is 12.8. The Labute approximate surface area is 405 Å². The summed E-state index contributed by atoms with van der Waals surface area (Å²) in [5, 5.41) is 10.5. The van der Waals surface area contributed by atoms with Crippen LogP contribution in [-0.2, 0) is 35.6 Å². The van der Waals surface area contributed by atoms with Crippen molar-refractivity contribution in [3.8, 4) is 23.0 Å². The summed E-state index contributed by atoms with van der Waals surface area (Å²) in [6.07, 6.45) is 5.00. The summed E-state index contributed by atoms with van der Waals surface area (Å²) in [4.78, 5) is 56.6. The van der Waals surface area contributed by atoms with E-state index in [0.29, 0.717) is 82.4 Å². The largest absolute Gasteiger partial charge is 0.493 e. The number of methoxy groups -OCH3 is 2. The van der Waals surface area contributed by atoms with Gasteiger partial charge in [0.05, 0.1) is 48.8 Å². The van der Waals surface area contributed by atoms with Crippen molar-refractivity contribution >= 4 is 73.5 Å². The first-order valence-corrected chi connectivity index (χ1v) is 25.7. The molecule has 0 spiro atoms. The lowest BCUT2D eigenvalue weighted by molar-refractivity contribution is -0.117. The second kappa shape index (κ2) is 20.9. The summed E-state index contributed by atoms with van der Waals surface area (Å²) >= 11 is 0. The van der Waals surface area contributed by atoms with Crippen molar-refractivity contribution in [2.45, 2.75) is 89.3 Å². The fourth-order valence-electron chi connectivity index (χ4n) is 9.51. The van der Waals surface area contributed by atoms with Gasteiger partial charge in [0.1, 0.15) is 19.0 Å². The number of amides is 3. The van der Waals surface area contributed by atoms with Gasteiger partial charge in [-0.15, -0.1) is 0 Å². The molecule has 0 bridgehead atoms. The second-order valence-corrected chi connectivity index (χ2v) is 20.7. The van der Waals surface area contributed by atoms with Gasteiger partial charge in [-0.1, -0.05) is 64.9 Å². The van der Waals surface area contributed by atoms with E-state index in [1.807, 2.05) is 76.5 Å². The van der Waals surface area contributed by atoms with E-state index in [4.69, 9.17) is 18.9 Å². The van der Waals surface area contributed by atoms with E-state index < -0.39 is 0 Å². The maximum absolute atomic E-state index is 14.1. The van der Waals surface area contributed by atoms with Crippen LogP contribution in [-0.4, -0.2) is 73.9 Å². The number of rotatable bonds is 19. The highest BCUT2D eigenvalue weighted by molar-refractivity contribution is 8.76. The molecular formula is C53H57N5O8S2. The zero-order chi connectivity index (χ0) is 47.3. The number of ketones is 1. The van der Waals surface area contributed by atoms with Crippen LogP contribution < -0.4 is 44.7 Å². The number of carbonyl (C=O) groups is 4. The summed E-state index contributed by atoms with van der Waals surface area (Å²) in [7, 11) is 6.70. The van der Waals surface area contributed by atoms with Gasteiger partial charge in [0.15, 0.2) is 23.0 Å². The van der Waals surface area contributed by atoms with Crippen LogP contribution in [0.25, 0.3) is 0 Å². The van der Waals surface area contributed by atoms with Crippen LogP contribution in [0.1, 0.15) is 88.9 Å². The lowest BCUT2D eigenvalue weighted by Gasteiger charge is -2.23. The zero-order valence-electron chi connectivity index (χ0n) is 38.9. The maximum Gasteiger partial charge on any atom is 0.260 e. The molecule has 0 aromatic heterocycles. The van der Waals surface area contributed by atoms with E-state index in [1.54, 1.807) is 54.9 Å². The van der Waals surface area contributed by atoms with Crippen molar-refractivity contribution in [1.82, 2.24) is 0 Å². The summed E-state index contributed by atoms with van der Waals surface area (Å²) in [6.45, 7) is 5.20. The highest BCUT2D eigenvalue weighted by Gasteiger charge is 2.39. The van der Waals surface area contributed by atoms with Gasteiger partial charge >= 0.3 is 0 Å². The van der Waals surface area contributed by atoms with Gasteiger partial charge in [0.2, 0.25) is 5.91 Å². The highest BCUT2D eigenvalue weighted by atomic mass is 33.1. The van der Waals surface area contributed by atoms with Gasteiger partial charge in [0.25, 0.3) is 11.8 Å². The van der Waals surface area contributed by atoms with E-state index in [1.165, 1.54) is 0 Å². The third kappa shape index (κ3) is 10.2. The molecule has 0 radical (unpaired) electrons. The van der Waals surface area contributed by atoms with Crippen molar-refractivity contribution in [2.75, 3.05) is 58.8 Å². The number of benzene rings is 5. The molecule has 3 atom stereocenters. The Bertz CT molecular complexity index is 2580. The SMILES string of the molecule is COc1cc2c(cc1OCc1cc(COc3cc4c(cc3OC)C(=O)N3c5ccccc5C[C@H]3CN4)cc(NC(=O)CCCC(C)SSCCCC(C)=O)c1)NCC1Cc3ccccc3N1C2=O. The van der Waals surface area contributed by atoms with Crippen molar-refractivity contribution in [2.24, 2.45) is 0 Å². The Balaban J connectivity index is 0.920. The van der Waals surface area contributed by atoms with Gasteiger partial charge in [-0.25, -0.2) is 0 Å². The van der Waals surface area contributed by atoms with Gasteiger partial charge in [0, 0.05) is 66.1 Å². The van der Waals surface area contributed by atoms with Crippen LogP contribution in [0.2, 0.25) is 0 Å². The average Bonchev–Trinajstić information content (AvgIpc) is 3.83. The minimum atomic E-state index is -0.0983. The molecule has 3 N–H and O–H groups in total. The van der Waals surface area contributed by atoms with E-state index >= 15 is 0 Å². The number of ether oxygens (including phenoxy) is 4. The van der Waals surface area contributed by atoms with Crippen LogP contribution >= 0.6 is 21.6 Å². The van der Waals surface area contributed by atoms with Crippen LogP contribution in [0.15, 0.2) is 91.0 Å². The monoisotopic (exact) mass is 955 g/mol. The van der Waals surface area contributed by atoms with Crippen molar-refractivity contribution in [3.63, 3.8) is 0 Å². The Morgan fingerprint density at radius 1 is 0.706 bits per heavy atom. The molecule has 4 aliphatic heterocycles. The summed E-state index contributed by atoms with van der Waals surface area (Å²) in [5.41, 5.74) is 8.67. The number of nitrogens with zero attached hydrogens (tertiary/aromatic N) is 2. The predicted octanol–water partition coefficient (Wildman–Crippen LogP) is 10.1. The topological polar surface area (TPSA) is 148 Å². The minimum Gasteiger partial charge on any atom is -0.493 e. The molecule has 0 aliphatic carbocycles. The number of para-hydroxylation sites is 2. The predicted molar refractivity (Wildman–Crippen MR) is 271 cm³/mol. The third-order valence-corrected chi connectivity index (χ3v) is 15.9. The zero-order valence-corrected chi connectivity index (χ0v) is 40.5. The molecule has 0 fully saturated rings. The first kappa shape index (κ1) is 46.8. The molecule has 5 aromatic rings. The molecular weight excluding hydrogens is 899 g/mol. The van der Waals surface area contributed by atoms with E-state index in [0.717, 1.165) is 71.5 Å². The van der Waals surface area contributed by atoms with E-state index in [9.17, 15) is 19.2 Å². The molecule has 0 saturated carbocycles. The second-order valence-electron chi connectivity index (χ2n) is 17.8. The summed E-state index contributed by atoms with van der Waals surface area (Å²) < 4.78 is 24.6. The van der Waals surface area contributed by atoms with Gasteiger partial charge < -0.3 is 49.5 Å². The number of Topliss-reactive ketones (excluding diaryl/α,β-unsaturated/α-hetero) is 1. The molecule has 0 saturated heterocycles. The maximum atomic E-state index is 14.1. The van der Waals surface area contributed by atoms with Gasteiger partial charge in [-0.3, -0.25) is 14.4 Å². The lowest BCUT2D eigenvalue weighted by Crippen LogP contribution is -2.39. The van der Waals surface area contributed by atoms with Crippen molar-refractivity contribution in [1.29, 1.82) is 0 Å². The average molecular weight is 956 g/mol. The van der Waals surface area contributed by atoms with Crippen molar-refractivity contribution < 1.29 is 38.1 Å². The quantitative estimate of drug-likeness (QED) is 0.0535. The molecule has 4 aliphatic rings. The van der Waals surface area contributed by atoms with E-state index in [-0.39, 0.29) is 48.8 Å². The lowest BCUT2D eigenvalue weighted by atomic mass is 10.1. The standard InChI is InChI=1S/C53H57N5O8S2/c1-32(59)11-10-18-67-68-33(2)12-9-17-51(60)56-38-20-34(30-65-49-26-43-41(24-47(49)63-3)52(61)57-39(28-54-43)22-36-13-5-7-15-45(36)57)19-35(21-38)31-66-50-27-44-42(25-48(50)64-4)53(62)58-40(29-55-44)23-37-14-6-8-16-46(37)58/h5-8,13-16,19-21,24-27,33,39-40,54-55H,9-12,17-18,22-23,28-31H2,1-4H3,(H,56,60)/t33?,39-,40?/m0/s1. The minimum absolute atomic E-state index is 0.0164. The molecule has 68 heavy (non-hydrogen) atoms. The number of fused-ring (bicyclic) bond motifs is 8. The first-order chi connectivity index (χ1) is 33.1. The van der Waals surface area contributed by atoms with Crippen LogP contribution in [0.4, 0.5) is 28.4 Å². The van der Waals surface area contributed by atoms with Crippen LogP contribution in [0.5, 0.6) is 23.0 Å². The molecule has 4 heterocycles. The molecule has 9 rings (SSSR count). The number of nitrogens with one attached hydrogen (secondary N) is 3. The molecule has 354 valence electrons. The molecule has 5 aromatic carbocycles. The highest BCUT2D eigenvalue weighted by Crippen LogP contribution is 2.43. The molecule has 15 heteroatoms.